The zero-order valence-corrected chi connectivity index (χ0v) is 12.8. The first-order chi connectivity index (χ1) is 10.6. The van der Waals surface area contributed by atoms with Crippen LogP contribution in [0.1, 0.15) is 31.4 Å². The van der Waals surface area contributed by atoms with Gasteiger partial charge in [0.1, 0.15) is 0 Å². The lowest BCUT2D eigenvalue weighted by Crippen LogP contribution is -2.12. The molecule has 2 rings (SSSR count). The minimum Gasteiger partial charge on any atom is -0.383 e. The molecular formula is C18H20N2O2. The third kappa shape index (κ3) is 4.45. The van der Waals surface area contributed by atoms with Crippen LogP contribution in [0.2, 0.25) is 0 Å². The van der Waals surface area contributed by atoms with Gasteiger partial charge in [0.25, 0.3) is 5.69 Å². The molecule has 0 aliphatic heterocycles. The predicted octanol–water partition coefficient (Wildman–Crippen LogP) is 4.98. The maximum absolute atomic E-state index is 10.6. The number of anilines is 1. The fraction of sp³-hybridized carbons (Fsp3) is 0.222. The van der Waals surface area contributed by atoms with Crippen LogP contribution in [0, 0.1) is 10.1 Å². The summed E-state index contributed by atoms with van der Waals surface area (Å²) >= 11 is 0. The summed E-state index contributed by atoms with van der Waals surface area (Å²) in [5, 5.41) is 14.0. The van der Waals surface area contributed by atoms with E-state index in [9.17, 15) is 10.1 Å². The Balaban J connectivity index is 2.02. The van der Waals surface area contributed by atoms with Crippen molar-refractivity contribution in [2.75, 3.05) is 5.32 Å². The van der Waals surface area contributed by atoms with Crippen LogP contribution >= 0.6 is 0 Å². The summed E-state index contributed by atoms with van der Waals surface area (Å²) < 4.78 is 0. The van der Waals surface area contributed by atoms with E-state index in [1.807, 2.05) is 24.3 Å². The average Bonchev–Trinajstić information content (AvgIpc) is 2.54. The van der Waals surface area contributed by atoms with Crippen LogP contribution in [-0.4, -0.2) is 11.0 Å². The number of hydrogen-bond acceptors (Lipinski definition) is 3. The summed E-state index contributed by atoms with van der Waals surface area (Å²) in [6, 6.07) is 15.2. The molecule has 22 heavy (non-hydrogen) atoms. The van der Waals surface area contributed by atoms with Gasteiger partial charge in [-0.2, -0.15) is 0 Å². The molecule has 0 saturated heterocycles. The number of nitro benzene ring substituents is 1. The van der Waals surface area contributed by atoms with Crippen LogP contribution in [0.4, 0.5) is 11.4 Å². The number of hydrogen-bond donors (Lipinski definition) is 1. The molecule has 4 heteroatoms. The lowest BCUT2D eigenvalue weighted by atomic mass is 10.1. The van der Waals surface area contributed by atoms with Gasteiger partial charge >= 0.3 is 0 Å². The Morgan fingerprint density at radius 2 is 1.55 bits per heavy atom. The topological polar surface area (TPSA) is 55.2 Å². The smallest absolute Gasteiger partial charge is 0.269 e. The molecule has 4 nitrogen and oxygen atoms in total. The summed E-state index contributed by atoms with van der Waals surface area (Å²) in [5.41, 5.74) is 3.25. The van der Waals surface area contributed by atoms with Gasteiger partial charge in [-0.3, -0.25) is 10.1 Å². The van der Waals surface area contributed by atoms with E-state index >= 15 is 0 Å². The van der Waals surface area contributed by atoms with E-state index in [1.54, 1.807) is 12.1 Å². The monoisotopic (exact) mass is 296 g/mol. The van der Waals surface area contributed by atoms with E-state index < -0.39 is 4.92 Å². The highest BCUT2D eigenvalue weighted by molar-refractivity contribution is 5.70. The zero-order valence-electron chi connectivity index (χ0n) is 12.8. The van der Waals surface area contributed by atoms with Crippen LogP contribution in [0.25, 0.3) is 12.2 Å². The average molecular weight is 296 g/mol. The van der Waals surface area contributed by atoms with Crippen LogP contribution in [-0.2, 0) is 0 Å². The Kier molecular flexibility index (Phi) is 5.31. The molecule has 0 amide bonds. The molecule has 0 bridgehead atoms. The van der Waals surface area contributed by atoms with Gasteiger partial charge in [-0.15, -0.1) is 0 Å². The van der Waals surface area contributed by atoms with E-state index in [-0.39, 0.29) is 5.69 Å². The number of non-ortho nitro benzene ring substituents is 1. The number of nitro groups is 1. The van der Waals surface area contributed by atoms with Gasteiger partial charge in [-0.25, -0.2) is 0 Å². The summed E-state index contributed by atoms with van der Waals surface area (Å²) in [4.78, 5) is 10.2. The molecule has 0 aromatic heterocycles. The van der Waals surface area contributed by atoms with Crippen LogP contribution in [0.15, 0.2) is 48.5 Å². The van der Waals surface area contributed by atoms with Gasteiger partial charge < -0.3 is 5.32 Å². The van der Waals surface area contributed by atoms with Crippen molar-refractivity contribution >= 4 is 23.5 Å². The molecule has 114 valence electrons. The van der Waals surface area contributed by atoms with Crippen molar-refractivity contribution in [3.63, 3.8) is 0 Å². The third-order valence-electron chi connectivity index (χ3n) is 3.51. The highest BCUT2D eigenvalue weighted by Crippen LogP contribution is 2.16. The lowest BCUT2D eigenvalue weighted by molar-refractivity contribution is -0.384. The molecule has 0 radical (unpaired) electrons. The first kappa shape index (κ1) is 15.8. The van der Waals surface area contributed by atoms with Gasteiger partial charge in [-0.1, -0.05) is 31.2 Å². The Morgan fingerprint density at radius 3 is 2.00 bits per heavy atom. The molecular weight excluding hydrogens is 276 g/mol. The van der Waals surface area contributed by atoms with Gasteiger partial charge in [-0.05, 0) is 48.7 Å². The van der Waals surface area contributed by atoms with Crippen LogP contribution < -0.4 is 5.32 Å². The molecule has 0 aliphatic rings. The van der Waals surface area contributed by atoms with Crippen molar-refractivity contribution in [2.24, 2.45) is 0 Å². The summed E-state index contributed by atoms with van der Waals surface area (Å²) in [6.07, 6.45) is 5.02. The minimum absolute atomic E-state index is 0.109. The number of nitrogens with zero attached hydrogens (tertiary/aromatic N) is 1. The van der Waals surface area contributed by atoms with Crippen molar-refractivity contribution in [1.82, 2.24) is 0 Å². The van der Waals surface area contributed by atoms with Crippen molar-refractivity contribution in [2.45, 2.75) is 26.3 Å². The van der Waals surface area contributed by atoms with E-state index in [0.717, 1.165) is 23.2 Å². The highest BCUT2D eigenvalue weighted by Gasteiger charge is 2.02. The second-order valence-electron chi connectivity index (χ2n) is 5.26. The molecule has 0 aliphatic carbocycles. The Bertz CT molecular complexity index is 646. The maximum atomic E-state index is 10.6. The Hall–Kier alpha value is -2.62. The molecule has 0 heterocycles. The van der Waals surface area contributed by atoms with E-state index in [4.69, 9.17) is 0 Å². The van der Waals surface area contributed by atoms with Crippen LogP contribution in [0.5, 0.6) is 0 Å². The third-order valence-corrected chi connectivity index (χ3v) is 3.51. The highest BCUT2D eigenvalue weighted by atomic mass is 16.6. The molecule has 0 fully saturated rings. The standard InChI is InChI=1S/C18H20N2O2/c1-3-14(2)19-17-10-6-15(7-11-17)4-5-16-8-12-18(13-9-16)20(21)22/h4-14,19H,3H2,1-2H3/b5-4+. The van der Waals surface area contributed by atoms with Gasteiger partial charge in [0.2, 0.25) is 0 Å². The van der Waals surface area contributed by atoms with E-state index in [1.165, 1.54) is 12.1 Å². The van der Waals surface area contributed by atoms with Gasteiger partial charge in [0.05, 0.1) is 4.92 Å². The molecule has 1 unspecified atom stereocenters. The summed E-state index contributed by atoms with van der Waals surface area (Å²) in [6.45, 7) is 4.31. The van der Waals surface area contributed by atoms with Gasteiger partial charge in [0, 0.05) is 23.9 Å². The predicted molar refractivity (Wildman–Crippen MR) is 91.8 cm³/mol. The Morgan fingerprint density at radius 1 is 1.05 bits per heavy atom. The zero-order chi connectivity index (χ0) is 15.9. The first-order valence-electron chi connectivity index (χ1n) is 7.37. The fourth-order valence-electron chi connectivity index (χ4n) is 1.98. The van der Waals surface area contributed by atoms with Crippen molar-refractivity contribution in [3.8, 4) is 0 Å². The minimum atomic E-state index is -0.392. The molecule has 1 N–H and O–H groups in total. The summed E-state index contributed by atoms with van der Waals surface area (Å²) in [7, 11) is 0. The molecule has 2 aromatic rings. The van der Waals surface area contributed by atoms with Crippen molar-refractivity contribution in [1.29, 1.82) is 0 Å². The van der Waals surface area contributed by atoms with E-state index in [2.05, 4.69) is 31.3 Å². The van der Waals surface area contributed by atoms with Crippen molar-refractivity contribution in [3.05, 3.63) is 69.8 Å². The number of benzene rings is 2. The SMILES string of the molecule is CCC(C)Nc1ccc(/C=C/c2ccc([N+](=O)[O-])cc2)cc1. The van der Waals surface area contributed by atoms with Crippen LogP contribution in [0.3, 0.4) is 0 Å². The lowest BCUT2D eigenvalue weighted by Gasteiger charge is -2.12. The molecule has 0 saturated carbocycles. The Labute approximate surface area is 130 Å². The summed E-state index contributed by atoms with van der Waals surface area (Å²) in [5.74, 6) is 0. The number of nitrogens with one attached hydrogen (secondary N) is 1. The number of rotatable bonds is 6. The molecule has 0 spiro atoms. The van der Waals surface area contributed by atoms with Gasteiger partial charge in [0.15, 0.2) is 0 Å². The largest absolute Gasteiger partial charge is 0.383 e. The molecule has 2 aromatic carbocycles. The second kappa shape index (κ2) is 7.41. The maximum Gasteiger partial charge on any atom is 0.269 e. The molecule has 1 atom stereocenters. The quantitative estimate of drug-likeness (QED) is 0.465. The first-order valence-corrected chi connectivity index (χ1v) is 7.37. The second-order valence-corrected chi connectivity index (χ2v) is 5.26. The normalized spacial score (nSPS) is 12.3. The van der Waals surface area contributed by atoms with Crippen molar-refractivity contribution < 1.29 is 4.92 Å². The van der Waals surface area contributed by atoms with E-state index in [0.29, 0.717) is 6.04 Å². The fourth-order valence-corrected chi connectivity index (χ4v) is 1.98.